The second-order valence-electron chi connectivity index (χ2n) is 11.3. The van der Waals surface area contributed by atoms with E-state index in [-0.39, 0.29) is 18.6 Å². The molecule has 0 saturated heterocycles. The molecule has 0 bridgehead atoms. The Kier molecular flexibility index (Phi) is 10.1. The average Bonchev–Trinajstić information content (AvgIpc) is 3.18. The Morgan fingerprint density at radius 2 is 1.77 bits per heavy atom. The van der Waals surface area contributed by atoms with Crippen molar-refractivity contribution in [2.24, 2.45) is 5.92 Å². The number of rotatable bonds is 12. The second-order valence-corrected chi connectivity index (χ2v) is 16.9. The van der Waals surface area contributed by atoms with Crippen molar-refractivity contribution >= 4 is 42.3 Å². The fourth-order valence-corrected chi connectivity index (χ4v) is 4.80. The van der Waals surface area contributed by atoms with Crippen LogP contribution in [0.5, 0.6) is 0 Å². The van der Waals surface area contributed by atoms with Gasteiger partial charge in [0.25, 0.3) is 0 Å². The van der Waals surface area contributed by atoms with E-state index in [1.54, 1.807) is 38.4 Å². The van der Waals surface area contributed by atoms with Crippen LogP contribution in [0.25, 0.3) is 22.2 Å². The van der Waals surface area contributed by atoms with E-state index in [2.05, 4.69) is 45.6 Å². The van der Waals surface area contributed by atoms with E-state index >= 15 is 0 Å². The molecule has 3 heterocycles. The van der Waals surface area contributed by atoms with Gasteiger partial charge in [0.2, 0.25) is 11.8 Å². The maximum absolute atomic E-state index is 12.9. The van der Waals surface area contributed by atoms with E-state index in [0.717, 1.165) is 17.0 Å². The number of fused-ring (bicyclic) bond motifs is 1. The summed E-state index contributed by atoms with van der Waals surface area (Å²) in [5.74, 6) is -1.20. The Morgan fingerprint density at radius 3 is 2.40 bits per heavy atom. The number of nitrogens with one attached hydrogen (secondary N) is 3. The highest BCUT2D eigenvalue weighted by atomic mass is 28.3. The maximum Gasteiger partial charge on any atom is 0.401 e. The third-order valence-electron chi connectivity index (χ3n) is 6.05. The van der Waals surface area contributed by atoms with Gasteiger partial charge in [0.15, 0.2) is 0 Å². The number of amides is 2. The third-order valence-corrected chi connectivity index (χ3v) is 7.75. The van der Waals surface area contributed by atoms with Crippen LogP contribution in [0.15, 0.2) is 36.9 Å². The summed E-state index contributed by atoms with van der Waals surface area (Å²) in [6.07, 6.45) is 2.05. The minimum Gasteiger partial charge on any atom is -0.361 e. The van der Waals surface area contributed by atoms with E-state index in [9.17, 15) is 22.8 Å². The van der Waals surface area contributed by atoms with Crippen molar-refractivity contribution in [3.05, 3.63) is 36.9 Å². The Labute approximate surface area is 232 Å². The van der Waals surface area contributed by atoms with Gasteiger partial charge in [-0.25, -0.2) is 4.98 Å². The van der Waals surface area contributed by atoms with Gasteiger partial charge in [0.1, 0.15) is 12.4 Å². The molecule has 0 aromatic carbocycles. The summed E-state index contributed by atoms with van der Waals surface area (Å²) < 4.78 is 46.1. The number of carbonyl (C=O) groups excluding carboxylic acids is 2. The van der Waals surface area contributed by atoms with Crippen LogP contribution in [0.3, 0.4) is 0 Å². The molecular formula is C27H37F3N6O3Si. The molecule has 3 N–H and O–H groups in total. The fraction of sp³-hybridized carbons (Fsp3) is 0.481. The monoisotopic (exact) mass is 578 g/mol. The number of carbonyl (C=O) groups is 2. The highest BCUT2D eigenvalue weighted by molar-refractivity contribution is 6.76. The van der Waals surface area contributed by atoms with Crippen molar-refractivity contribution in [2.45, 2.75) is 65.4 Å². The quantitative estimate of drug-likeness (QED) is 0.194. The van der Waals surface area contributed by atoms with Crippen LogP contribution in [0, 0.1) is 5.92 Å². The number of anilines is 2. The molecule has 0 fully saturated rings. The molecule has 3 aromatic rings. The minimum atomic E-state index is -4.44. The summed E-state index contributed by atoms with van der Waals surface area (Å²) in [7, 11) is -1.26. The molecule has 9 nitrogen and oxygen atoms in total. The van der Waals surface area contributed by atoms with Gasteiger partial charge in [-0.3, -0.25) is 19.9 Å². The standard InChI is InChI=1S/C27H37F3N6O3Si/c1-17(2)24(33-15-27(28,29)30)26(38)35-20-9-19(11-31-12-20)23-14-36(16-39-7-8-40(4,5)6)25-22(23)10-21(13-32-25)34-18(3)37/h9-14,17,24,33H,7-8,15-16H2,1-6H3,(H,34,37)(H,35,38)/t24-/m0/s1. The van der Waals surface area contributed by atoms with Crippen molar-refractivity contribution in [3.63, 3.8) is 0 Å². The number of pyridine rings is 2. The lowest BCUT2D eigenvalue weighted by Crippen LogP contribution is -2.47. The van der Waals surface area contributed by atoms with Crippen molar-refractivity contribution in [1.29, 1.82) is 0 Å². The van der Waals surface area contributed by atoms with E-state index in [0.29, 0.717) is 29.2 Å². The molecule has 1 atom stereocenters. The number of hydrogen-bond acceptors (Lipinski definition) is 6. The topological polar surface area (TPSA) is 110 Å². The maximum atomic E-state index is 12.9. The summed E-state index contributed by atoms with van der Waals surface area (Å²) in [6.45, 7) is 11.2. The lowest BCUT2D eigenvalue weighted by Gasteiger charge is -2.22. The average molecular weight is 579 g/mol. The van der Waals surface area contributed by atoms with Gasteiger partial charge in [-0.15, -0.1) is 0 Å². The van der Waals surface area contributed by atoms with Gasteiger partial charge in [-0.2, -0.15) is 13.2 Å². The van der Waals surface area contributed by atoms with Gasteiger partial charge < -0.3 is 19.9 Å². The van der Waals surface area contributed by atoms with Crippen LogP contribution in [0.2, 0.25) is 25.7 Å². The Balaban J connectivity index is 1.91. The van der Waals surface area contributed by atoms with Crippen molar-refractivity contribution in [1.82, 2.24) is 19.9 Å². The van der Waals surface area contributed by atoms with Crippen LogP contribution >= 0.6 is 0 Å². The zero-order chi connectivity index (χ0) is 29.7. The summed E-state index contributed by atoms with van der Waals surface area (Å²) >= 11 is 0. The molecule has 13 heteroatoms. The molecule has 0 saturated carbocycles. The Morgan fingerprint density at radius 1 is 1.07 bits per heavy atom. The largest absolute Gasteiger partial charge is 0.401 e. The number of ether oxygens (including phenoxy) is 1. The van der Waals surface area contributed by atoms with Crippen LogP contribution < -0.4 is 16.0 Å². The van der Waals surface area contributed by atoms with Gasteiger partial charge in [-0.05, 0) is 24.1 Å². The van der Waals surface area contributed by atoms with Crippen LogP contribution in [0.4, 0.5) is 24.5 Å². The molecule has 218 valence electrons. The summed E-state index contributed by atoms with van der Waals surface area (Å²) in [5.41, 5.74) is 2.88. The first-order valence-electron chi connectivity index (χ1n) is 13.0. The molecule has 0 unspecified atom stereocenters. The van der Waals surface area contributed by atoms with Crippen molar-refractivity contribution in [3.8, 4) is 11.1 Å². The van der Waals surface area contributed by atoms with Gasteiger partial charge in [0.05, 0.1) is 36.4 Å². The van der Waals surface area contributed by atoms with Crippen LogP contribution in [-0.4, -0.2) is 59.8 Å². The predicted molar refractivity (Wildman–Crippen MR) is 153 cm³/mol. The number of alkyl halides is 3. The van der Waals surface area contributed by atoms with Crippen molar-refractivity contribution in [2.75, 3.05) is 23.8 Å². The zero-order valence-corrected chi connectivity index (χ0v) is 24.6. The molecule has 0 spiro atoms. The number of halogens is 3. The minimum absolute atomic E-state index is 0.234. The zero-order valence-electron chi connectivity index (χ0n) is 23.6. The number of hydrogen-bond donors (Lipinski definition) is 3. The molecule has 3 rings (SSSR count). The smallest absolute Gasteiger partial charge is 0.361 e. The lowest BCUT2D eigenvalue weighted by atomic mass is 10.0. The van der Waals surface area contributed by atoms with E-state index < -0.39 is 32.7 Å². The first-order valence-corrected chi connectivity index (χ1v) is 16.7. The van der Waals surface area contributed by atoms with E-state index in [1.165, 1.54) is 13.1 Å². The normalized spacial score (nSPS) is 13.1. The van der Waals surface area contributed by atoms with Gasteiger partial charge in [-0.1, -0.05) is 33.5 Å². The first kappa shape index (κ1) is 31.2. The van der Waals surface area contributed by atoms with Crippen LogP contribution in [-0.2, 0) is 21.1 Å². The predicted octanol–water partition coefficient (Wildman–Crippen LogP) is 5.48. The SMILES string of the molecule is CC(=O)Nc1cnc2c(c1)c(-c1cncc(NC(=O)[C@@H](NCC(F)(F)F)C(C)C)c1)cn2COCC[Si](C)(C)C. The van der Waals surface area contributed by atoms with Crippen LogP contribution in [0.1, 0.15) is 20.8 Å². The molecular weight excluding hydrogens is 541 g/mol. The molecule has 0 radical (unpaired) electrons. The lowest BCUT2D eigenvalue weighted by molar-refractivity contribution is -0.131. The van der Waals surface area contributed by atoms with E-state index in [1.807, 2.05) is 10.8 Å². The highest BCUT2D eigenvalue weighted by Crippen LogP contribution is 2.32. The molecule has 0 aliphatic rings. The molecule has 2 amide bonds. The summed E-state index contributed by atoms with van der Waals surface area (Å²) in [4.78, 5) is 33.3. The summed E-state index contributed by atoms with van der Waals surface area (Å²) in [6, 6.07) is 3.46. The Bertz CT molecular complexity index is 1340. The molecule has 40 heavy (non-hydrogen) atoms. The molecule has 0 aliphatic heterocycles. The molecule has 0 aliphatic carbocycles. The third kappa shape index (κ3) is 9.13. The van der Waals surface area contributed by atoms with E-state index in [4.69, 9.17) is 4.74 Å². The van der Waals surface area contributed by atoms with Crippen molar-refractivity contribution < 1.29 is 27.5 Å². The fourth-order valence-electron chi connectivity index (χ4n) is 4.04. The second kappa shape index (κ2) is 12.9. The van der Waals surface area contributed by atoms with Gasteiger partial charge >= 0.3 is 6.18 Å². The Hall–Kier alpha value is -3.29. The highest BCUT2D eigenvalue weighted by Gasteiger charge is 2.31. The van der Waals surface area contributed by atoms with Gasteiger partial charge in [0, 0.05) is 50.5 Å². The number of nitrogens with zero attached hydrogens (tertiary/aromatic N) is 3. The first-order chi connectivity index (χ1) is 18.6. The molecule has 3 aromatic heterocycles. The summed E-state index contributed by atoms with van der Waals surface area (Å²) in [5, 5.41) is 8.45. The number of aromatic nitrogens is 3.